The number of nitrogens with two attached hydrogens (primary N) is 1. The minimum Gasteiger partial charge on any atom is -0.347 e. The van der Waals surface area contributed by atoms with Crippen LogP contribution in [0.1, 0.15) is 31.4 Å². The fourth-order valence-electron chi connectivity index (χ4n) is 1.85. The van der Waals surface area contributed by atoms with Gasteiger partial charge in [0, 0.05) is 16.6 Å². The lowest BCUT2D eigenvalue weighted by Crippen LogP contribution is -2.23. The second-order valence-electron chi connectivity index (χ2n) is 4.58. The second kappa shape index (κ2) is 7.02. The van der Waals surface area contributed by atoms with Crippen molar-refractivity contribution in [2.75, 3.05) is 6.54 Å². The van der Waals surface area contributed by atoms with Crippen molar-refractivity contribution in [2.45, 2.75) is 20.4 Å². The maximum absolute atomic E-state index is 12.3. The summed E-state index contributed by atoms with van der Waals surface area (Å²) in [5, 5.41) is 3.90. The zero-order valence-corrected chi connectivity index (χ0v) is 12.9. The maximum Gasteiger partial charge on any atom is 0.252 e. The average Bonchev–Trinajstić information content (AvgIpc) is 2.89. The molecule has 2 rings (SSSR count). The van der Waals surface area contributed by atoms with E-state index in [1.165, 1.54) is 0 Å². The molecule has 0 atom stereocenters. The van der Waals surface area contributed by atoms with E-state index in [9.17, 15) is 4.79 Å². The van der Waals surface area contributed by atoms with E-state index in [1.807, 2.05) is 32.0 Å². The number of hydrogen-bond donors (Lipinski definition) is 2. The van der Waals surface area contributed by atoms with Crippen molar-refractivity contribution >= 4 is 17.2 Å². The molecule has 0 aliphatic heterocycles. The molecule has 0 saturated carbocycles. The molecule has 0 radical (unpaired) electrons. The van der Waals surface area contributed by atoms with Crippen LogP contribution in [0.25, 0.3) is 0 Å². The number of thiazole rings is 1. The summed E-state index contributed by atoms with van der Waals surface area (Å²) in [6.45, 7) is 4.64. The number of benzene rings is 1. The molecule has 108 valence electrons. The Balaban J connectivity index is 2.15. The predicted molar refractivity (Wildman–Crippen MR) is 85.1 cm³/mol. The minimum absolute atomic E-state index is 0.133. The molecule has 0 unspecified atom stereocenters. The van der Waals surface area contributed by atoms with E-state index in [-0.39, 0.29) is 12.5 Å². The first-order chi connectivity index (χ1) is 10.1. The first-order valence-electron chi connectivity index (χ1n) is 6.59. The smallest absolute Gasteiger partial charge is 0.252 e. The van der Waals surface area contributed by atoms with Crippen LogP contribution >= 0.6 is 11.3 Å². The third-order valence-corrected chi connectivity index (χ3v) is 3.75. The highest BCUT2D eigenvalue weighted by Gasteiger charge is 2.11. The van der Waals surface area contributed by atoms with Gasteiger partial charge in [0.15, 0.2) is 0 Å². The van der Waals surface area contributed by atoms with Crippen LogP contribution in [0, 0.1) is 25.7 Å². The Bertz CT molecular complexity index is 710. The summed E-state index contributed by atoms with van der Waals surface area (Å²) in [6, 6.07) is 5.63. The lowest BCUT2D eigenvalue weighted by molar-refractivity contribution is 0.0951. The molecular weight excluding hydrogens is 282 g/mol. The number of amides is 1. The lowest BCUT2D eigenvalue weighted by atomic mass is 10.0. The normalized spacial score (nSPS) is 9.86. The molecule has 0 bridgehead atoms. The number of hydrogen-bond acceptors (Lipinski definition) is 4. The summed E-state index contributed by atoms with van der Waals surface area (Å²) in [7, 11) is 0. The second-order valence-corrected chi connectivity index (χ2v) is 5.90. The molecular formula is C16H17N3OS. The fraction of sp³-hybridized carbons (Fsp3) is 0.250. The van der Waals surface area contributed by atoms with Crippen LogP contribution in [-0.2, 0) is 6.54 Å². The number of aryl methyl sites for hydroxylation is 2. The molecule has 3 N–H and O–H groups in total. The number of rotatable bonds is 3. The molecule has 0 aliphatic rings. The number of carbonyl (C=O) groups excluding carboxylic acids is 1. The van der Waals surface area contributed by atoms with Gasteiger partial charge in [-0.25, -0.2) is 4.98 Å². The van der Waals surface area contributed by atoms with Crippen LogP contribution in [0.2, 0.25) is 0 Å². The molecule has 21 heavy (non-hydrogen) atoms. The van der Waals surface area contributed by atoms with Gasteiger partial charge in [-0.3, -0.25) is 4.79 Å². The highest BCUT2D eigenvalue weighted by molar-refractivity contribution is 7.11. The van der Waals surface area contributed by atoms with E-state index < -0.39 is 0 Å². The van der Waals surface area contributed by atoms with Crippen LogP contribution in [0.3, 0.4) is 0 Å². The van der Waals surface area contributed by atoms with Crippen molar-refractivity contribution in [3.05, 3.63) is 51.0 Å². The van der Waals surface area contributed by atoms with Gasteiger partial charge >= 0.3 is 0 Å². The number of nitrogens with one attached hydrogen (secondary N) is 1. The molecule has 0 saturated heterocycles. The summed E-state index contributed by atoms with van der Waals surface area (Å²) in [5.41, 5.74) is 7.69. The fourth-order valence-corrected chi connectivity index (χ4v) is 2.59. The number of carbonyl (C=O) groups is 1. The first kappa shape index (κ1) is 15.2. The van der Waals surface area contributed by atoms with Gasteiger partial charge in [0.05, 0.1) is 23.7 Å². The average molecular weight is 299 g/mol. The van der Waals surface area contributed by atoms with Crippen LogP contribution < -0.4 is 11.1 Å². The summed E-state index contributed by atoms with van der Waals surface area (Å²) in [4.78, 5) is 17.5. The van der Waals surface area contributed by atoms with E-state index in [0.29, 0.717) is 17.7 Å². The SMILES string of the molecule is Cc1ccc(C#CCN)c(C(=O)NCc2cnc(C)s2)c1. The standard InChI is InChI=1S/C16H17N3OS/c1-11-5-6-13(4-3-7-17)15(8-11)16(20)19-10-14-9-18-12(2)21-14/h5-6,8-9H,7,10,17H2,1-2H3,(H,19,20). The molecule has 0 fully saturated rings. The zero-order chi connectivity index (χ0) is 15.2. The van der Waals surface area contributed by atoms with E-state index in [1.54, 1.807) is 17.5 Å². The van der Waals surface area contributed by atoms with E-state index in [0.717, 1.165) is 15.4 Å². The minimum atomic E-state index is -0.133. The number of nitrogens with zero attached hydrogens (tertiary/aromatic N) is 1. The van der Waals surface area contributed by atoms with Crippen molar-refractivity contribution in [3.63, 3.8) is 0 Å². The summed E-state index contributed by atoms with van der Waals surface area (Å²) < 4.78 is 0. The maximum atomic E-state index is 12.3. The van der Waals surface area contributed by atoms with Gasteiger partial charge < -0.3 is 11.1 Å². The van der Waals surface area contributed by atoms with Gasteiger partial charge in [-0.2, -0.15) is 0 Å². The zero-order valence-electron chi connectivity index (χ0n) is 12.1. The van der Waals surface area contributed by atoms with Crippen LogP contribution in [0.15, 0.2) is 24.4 Å². The van der Waals surface area contributed by atoms with Gasteiger partial charge in [0.2, 0.25) is 0 Å². The molecule has 1 amide bonds. The Hall–Kier alpha value is -2.16. The first-order valence-corrected chi connectivity index (χ1v) is 7.41. The van der Waals surface area contributed by atoms with E-state index in [2.05, 4.69) is 22.1 Å². The summed E-state index contributed by atoms with van der Waals surface area (Å²) in [6.07, 6.45) is 1.78. The largest absolute Gasteiger partial charge is 0.347 e. The van der Waals surface area contributed by atoms with Crippen LogP contribution in [0.5, 0.6) is 0 Å². The van der Waals surface area contributed by atoms with Crippen LogP contribution in [0.4, 0.5) is 0 Å². The van der Waals surface area contributed by atoms with Gasteiger partial charge in [-0.05, 0) is 26.0 Å². The van der Waals surface area contributed by atoms with Gasteiger partial charge in [0.1, 0.15) is 0 Å². The molecule has 4 nitrogen and oxygen atoms in total. The third kappa shape index (κ3) is 4.15. The monoisotopic (exact) mass is 299 g/mol. The Morgan fingerprint density at radius 1 is 1.43 bits per heavy atom. The molecule has 2 aromatic rings. The summed E-state index contributed by atoms with van der Waals surface area (Å²) in [5.74, 6) is 5.59. The Labute approximate surface area is 128 Å². The molecule has 5 heteroatoms. The number of aromatic nitrogens is 1. The molecule has 1 aromatic carbocycles. The molecule has 1 heterocycles. The van der Waals surface area contributed by atoms with Crippen molar-refractivity contribution in [2.24, 2.45) is 5.73 Å². The molecule has 0 spiro atoms. The van der Waals surface area contributed by atoms with Crippen molar-refractivity contribution in [1.82, 2.24) is 10.3 Å². The highest BCUT2D eigenvalue weighted by Crippen LogP contribution is 2.13. The Morgan fingerprint density at radius 3 is 2.90 bits per heavy atom. The van der Waals surface area contributed by atoms with Gasteiger partial charge in [-0.1, -0.05) is 23.5 Å². The topological polar surface area (TPSA) is 68.0 Å². The Kier molecular flexibility index (Phi) is 5.09. The van der Waals surface area contributed by atoms with Crippen molar-refractivity contribution in [1.29, 1.82) is 0 Å². The van der Waals surface area contributed by atoms with Gasteiger partial charge in [-0.15, -0.1) is 11.3 Å². The highest BCUT2D eigenvalue weighted by atomic mass is 32.1. The van der Waals surface area contributed by atoms with Crippen molar-refractivity contribution < 1.29 is 4.79 Å². The van der Waals surface area contributed by atoms with E-state index >= 15 is 0 Å². The lowest BCUT2D eigenvalue weighted by Gasteiger charge is -2.07. The van der Waals surface area contributed by atoms with Crippen LogP contribution in [-0.4, -0.2) is 17.4 Å². The Morgan fingerprint density at radius 2 is 2.24 bits per heavy atom. The molecule has 1 aromatic heterocycles. The van der Waals surface area contributed by atoms with Crippen molar-refractivity contribution in [3.8, 4) is 11.8 Å². The molecule has 0 aliphatic carbocycles. The van der Waals surface area contributed by atoms with E-state index in [4.69, 9.17) is 5.73 Å². The summed E-state index contributed by atoms with van der Waals surface area (Å²) >= 11 is 1.58. The predicted octanol–water partition coefficient (Wildman–Crippen LogP) is 2.00. The van der Waals surface area contributed by atoms with Gasteiger partial charge in [0.25, 0.3) is 5.91 Å². The third-order valence-electron chi connectivity index (χ3n) is 2.84. The quantitative estimate of drug-likeness (QED) is 0.852.